The quantitative estimate of drug-likeness (QED) is 0.786. The zero-order chi connectivity index (χ0) is 11.5. The van der Waals surface area contributed by atoms with Crippen LogP contribution in [0.4, 0.5) is 0 Å². The summed E-state index contributed by atoms with van der Waals surface area (Å²) in [7, 11) is -2.84. The minimum absolute atomic E-state index is 0.0209. The van der Waals surface area contributed by atoms with E-state index >= 15 is 0 Å². The highest BCUT2D eigenvalue weighted by Gasteiger charge is 2.25. The summed E-state index contributed by atoms with van der Waals surface area (Å²) < 4.78 is 22.3. The van der Waals surface area contributed by atoms with Crippen molar-refractivity contribution in [2.24, 2.45) is 0 Å². The Morgan fingerprint density at radius 1 is 1.47 bits per heavy atom. The third-order valence-corrected chi connectivity index (χ3v) is 5.32. The lowest BCUT2D eigenvalue weighted by atomic mass is 10.1. The highest BCUT2D eigenvalue weighted by atomic mass is 79.9. The van der Waals surface area contributed by atoms with Crippen molar-refractivity contribution in [2.75, 3.05) is 11.5 Å². The van der Waals surface area contributed by atoms with Gasteiger partial charge in [-0.05, 0) is 19.3 Å². The third kappa shape index (κ3) is 4.10. The summed E-state index contributed by atoms with van der Waals surface area (Å²) >= 11 is 3.26. The molecule has 0 saturated carbocycles. The molecule has 0 radical (unpaired) electrons. The maximum absolute atomic E-state index is 11.5. The van der Waals surface area contributed by atoms with E-state index in [1.807, 2.05) is 6.92 Å². The van der Waals surface area contributed by atoms with E-state index in [4.69, 9.17) is 0 Å². The van der Waals surface area contributed by atoms with Crippen LogP contribution in [0, 0.1) is 0 Å². The van der Waals surface area contributed by atoms with Gasteiger partial charge in [0.2, 0.25) is 5.91 Å². The van der Waals surface area contributed by atoms with Crippen LogP contribution in [0.25, 0.3) is 0 Å². The van der Waals surface area contributed by atoms with E-state index in [2.05, 4.69) is 21.2 Å². The van der Waals surface area contributed by atoms with Crippen molar-refractivity contribution in [3.05, 3.63) is 0 Å². The number of rotatable bonds is 3. The fraction of sp³-hybridized carbons (Fsp3) is 0.889. The van der Waals surface area contributed by atoms with E-state index in [9.17, 15) is 13.2 Å². The number of carbonyl (C=O) groups excluding carboxylic acids is 1. The molecule has 0 aliphatic carbocycles. The van der Waals surface area contributed by atoms with Crippen LogP contribution in [0.1, 0.15) is 26.2 Å². The minimum Gasteiger partial charge on any atom is -0.352 e. The Labute approximate surface area is 98.9 Å². The fourth-order valence-electron chi connectivity index (χ4n) is 1.51. The molecule has 1 unspecified atom stereocenters. The molecule has 1 saturated heterocycles. The molecule has 88 valence electrons. The van der Waals surface area contributed by atoms with Crippen LogP contribution in [0.2, 0.25) is 0 Å². The molecule has 6 heteroatoms. The van der Waals surface area contributed by atoms with E-state index in [-0.39, 0.29) is 28.3 Å². The van der Waals surface area contributed by atoms with Crippen LogP contribution < -0.4 is 5.32 Å². The van der Waals surface area contributed by atoms with Crippen molar-refractivity contribution < 1.29 is 13.2 Å². The Kier molecular flexibility index (Phi) is 4.58. The lowest BCUT2D eigenvalue weighted by Crippen LogP contribution is -2.43. The van der Waals surface area contributed by atoms with E-state index in [0.717, 1.165) is 6.42 Å². The molecule has 0 aromatic carbocycles. The van der Waals surface area contributed by atoms with E-state index in [0.29, 0.717) is 12.8 Å². The number of nitrogens with one attached hydrogen (secondary N) is 1. The first-order chi connectivity index (χ1) is 6.94. The number of halogens is 1. The van der Waals surface area contributed by atoms with Crippen LogP contribution in [-0.2, 0) is 14.6 Å². The van der Waals surface area contributed by atoms with Gasteiger partial charge in [0.15, 0.2) is 0 Å². The number of amides is 1. The molecule has 1 fully saturated rings. The van der Waals surface area contributed by atoms with E-state index in [1.54, 1.807) is 0 Å². The molecular formula is C9H16BrNO3S. The van der Waals surface area contributed by atoms with Crippen molar-refractivity contribution in [1.82, 2.24) is 5.32 Å². The second kappa shape index (κ2) is 5.30. The summed E-state index contributed by atoms with van der Waals surface area (Å²) in [6, 6.07) is 0.0209. The zero-order valence-electron chi connectivity index (χ0n) is 8.70. The van der Waals surface area contributed by atoms with Crippen LogP contribution in [0.5, 0.6) is 0 Å². The van der Waals surface area contributed by atoms with Gasteiger partial charge in [-0.25, -0.2) is 8.42 Å². The normalized spacial score (nSPS) is 23.3. The van der Waals surface area contributed by atoms with Gasteiger partial charge in [-0.3, -0.25) is 4.79 Å². The Morgan fingerprint density at radius 3 is 2.47 bits per heavy atom. The van der Waals surface area contributed by atoms with Crippen molar-refractivity contribution in [3.63, 3.8) is 0 Å². The minimum atomic E-state index is -2.84. The second-order valence-electron chi connectivity index (χ2n) is 3.81. The molecule has 0 bridgehead atoms. The number of alkyl halides is 1. The zero-order valence-corrected chi connectivity index (χ0v) is 11.1. The Balaban J connectivity index is 2.39. The number of hydrogen-bond donors (Lipinski definition) is 1. The highest BCUT2D eigenvalue weighted by molar-refractivity contribution is 9.10. The smallest absolute Gasteiger partial charge is 0.233 e. The molecule has 1 heterocycles. The van der Waals surface area contributed by atoms with E-state index in [1.165, 1.54) is 0 Å². The van der Waals surface area contributed by atoms with Gasteiger partial charge in [0.05, 0.1) is 16.3 Å². The Bertz CT molecular complexity index is 314. The van der Waals surface area contributed by atoms with Gasteiger partial charge >= 0.3 is 0 Å². The molecule has 0 aromatic heterocycles. The summed E-state index contributed by atoms with van der Waals surface area (Å²) in [5, 5.41) is 2.86. The summed E-state index contributed by atoms with van der Waals surface area (Å²) in [5.41, 5.74) is 0. The lowest BCUT2D eigenvalue weighted by molar-refractivity contribution is -0.121. The lowest BCUT2D eigenvalue weighted by Gasteiger charge is -2.23. The van der Waals surface area contributed by atoms with Gasteiger partial charge in [0.25, 0.3) is 0 Å². The SMILES string of the molecule is CCC(Br)C(=O)NC1CCS(=O)(=O)CC1. The first-order valence-corrected chi connectivity index (χ1v) is 7.83. The van der Waals surface area contributed by atoms with Crippen LogP contribution in [-0.4, -0.2) is 36.7 Å². The van der Waals surface area contributed by atoms with E-state index < -0.39 is 9.84 Å². The molecule has 1 atom stereocenters. The fourth-order valence-corrected chi connectivity index (χ4v) is 3.13. The molecule has 0 spiro atoms. The van der Waals surface area contributed by atoms with Crippen LogP contribution in [0.15, 0.2) is 0 Å². The van der Waals surface area contributed by atoms with Gasteiger partial charge in [-0.15, -0.1) is 0 Å². The molecule has 1 aliphatic rings. The van der Waals surface area contributed by atoms with Crippen molar-refractivity contribution in [3.8, 4) is 0 Å². The average molecular weight is 298 g/mol. The first kappa shape index (κ1) is 13.0. The van der Waals surface area contributed by atoms with Gasteiger partial charge in [0, 0.05) is 6.04 Å². The molecule has 1 N–H and O–H groups in total. The first-order valence-electron chi connectivity index (χ1n) is 5.09. The number of carbonyl (C=O) groups is 1. The molecule has 1 rings (SSSR count). The molecule has 1 amide bonds. The van der Waals surface area contributed by atoms with Gasteiger partial charge in [-0.1, -0.05) is 22.9 Å². The van der Waals surface area contributed by atoms with Crippen LogP contribution >= 0.6 is 15.9 Å². The van der Waals surface area contributed by atoms with Gasteiger partial charge in [0.1, 0.15) is 9.84 Å². The van der Waals surface area contributed by atoms with Crippen molar-refractivity contribution >= 4 is 31.7 Å². The predicted molar refractivity (Wildman–Crippen MR) is 62.8 cm³/mol. The van der Waals surface area contributed by atoms with Crippen LogP contribution in [0.3, 0.4) is 0 Å². The third-order valence-electron chi connectivity index (χ3n) is 2.54. The largest absolute Gasteiger partial charge is 0.352 e. The topological polar surface area (TPSA) is 63.2 Å². The van der Waals surface area contributed by atoms with Crippen molar-refractivity contribution in [1.29, 1.82) is 0 Å². The summed E-state index contributed by atoms with van der Waals surface area (Å²) in [6.07, 6.45) is 1.81. The summed E-state index contributed by atoms with van der Waals surface area (Å²) in [4.78, 5) is 11.3. The highest BCUT2D eigenvalue weighted by Crippen LogP contribution is 2.13. The Morgan fingerprint density at radius 2 is 2.00 bits per heavy atom. The average Bonchev–Trinajstić information content (AvgIpc) is 2.20. The summed E-state index contributed by atoms with van der Waals surface area (Å²) in [6.45, 7) is 1.92. The van der Waals surface area contributed by atoms with Crippen molar-refractivity contribution in [2.45, 2.75) is 37.1 Å². The number of sulfone groups is 1. The molecular weight excluding hydrogens is 282 g/mol. The predicted octanol–water partition coefficient (Wildman–Crippen LogP) is 0.853. The second-order valence-corrected chi connectivity index (χ2v) is 7.22. The maximum Gasteiger partial charge on any atom is 0.233 e. The monoisotopic (exact) mass is 297 g/mol. The maximum atomic E-state index is 11.5. The molecule has 4 nitrogen and oxygen atoms in total. The standard InChI is InChI=1S/C9H16BrNO3S/c1-2-8(10)9(12)11-7-3-5-15(13,14)6-4-7/h7-8H,2-6H2,1H3,(H,11,12). The molecule has 15 heavy (non-hydrogen) atoms. The van der Waals surface area contributed by atoms with Gasteiger partial charge < -0.3 is 5.32 Å². The molecule has 1 aliphatic heterocycles. The number of hydrogen-bond acceptors (Lipinski definition) is 3. The Hall–Kier alpha value is -0.100. The molecule has 0 aromatic rings. The van der Waals surface area contributed by atoms with Gasteiger partial charge in [-0.2, -0.15) is 0 Å². The summed E-state index contributed by atoms with van der Waals surface area (Å²) in [5.74, 6) is 0.343.